The lowest BCUT2D eigenvalue weighted by Gasteiger charge is -2.27. The maximum atomic E-state index is 14.0. The Bertz CT molecular complexity index is 1200. The minimum absolute atomic E-state index is 0.0586. The van der Waals surface area contributed by atoms with Gasteiger partial charge in [-0.3, -0.25) is 14.4 Å². The lowest BCUT2D eigenvalue weighted by molar-refractivity contribution is -0.123. The Morgan fingerprint density at radius 2 is 1.49 bits per heavy atom. The fourth-order valence-electron chi connectivity index (χ4n) is 4.85. The normalized spacial score (nSPS) is 13.3. The molecule has 0 bridgehead atoms. The van der Waals surface area contributed by atoms with E-state index in [1.807, 2.05) is 34.6 Å². The van der Waals surface area contributed by atoms with Crippen molar-refractivity contribution in [2.75, 3.05) is 26.2 Å². The maximum Gasteiger partial charge on any atom is 0.253 e. The van der Waals surface area contributed by atoms with E-state index in [1.165, 1.54) is 6.07 Å². The number of nitrogens with zero attached hydrogens (tertiary/aromatic N) is 1. The number of rotatable bonds is 17. The molecule has 0 spiro atoms. The van der Waals surface area contributed by atoms with Crippen LogP contribution in [0, 0.1) is 24.5 Å². The fourth-order valence-corrected chi connectivity index (χ4v) is 4.85. The Hall–Kier alpha value is -3.37. The molecule has 0 heterocycles. The third-order valence-electron chi connectivity index (χ3n) is 7.00. The van der Waals surface area contributed by atoms with Crippen molar-refractivity contribution in [3.05, 3.63) is 70.3 Å². The summed E-state index contributed by atoms with van der Waals surface area (Å²) in [6.07, 6.45) is 0.792. The van der Waals surface area contributed by atoms with E-state index in [1.54, 1.807) is 24.0 Å². The zero-order valence-corrected chi connectivity index (χ0v) is 26.3. The van der Waals surface area contributed by atoms with Crippen LogP contribution in [0.3, 0.4) is 0 Å². The van der Waals surface area contributed by atoms with Gasteiger partial charge >= 0.3 is 0 Å². The number of amides is 3. The maximum absolute atomic E-state index is 14.0. The van der Waals surface area contributed by atoms with Gasteiger partial charge in [0.1, 0.15) is 11.6 Å². The van der Waals surface area contributed by atoms with Gasteiger partial charge in [-0.2, -0.15) is 0 Å². The number of aliphatic hydroxyl groups excluding tert-OH is 1. The Labute approximate surface area is 254 Å². The summed E-state index contributed by atoms with van der Waals surface area (Å²) in [7, 11) is 0. The summed E-state index contributed by atoms with van der Waals surface area (Å²) in [6, 6.07) is 6.42. The average molecular weight is 603 g/mol. The first-order valence-electron chi connectivity index (χ1n) is 15.2. The Morgan fingerprint density at radius 3 is 2.05 bits per heavy atom. The van der Waals surface area contributed by atoms with Crippen molar-refractivity contribution in [3.63, 3.8) is 0 Å². The van der Waals surface area contributed by atoms with Crippen LogP contribution in [0.2, 0.25) is 0 Å². The second-order valence-electron chi connectivity index (χ2n) is 11.5. The van der Waals surface area contributed by atoms with E-state index in [4.69, 9.17) is 0 Å². The molecular formula is C33H48F2N4O4. The molecule has 0 unspecified atom stereocenters. The van der Waals surface area contributed by atoms with Gasteiger partial charge in [0.25, 0.3) is 11.8 Å². The second-order valence-corrected chi connectivity index (χ2v) is 11.5. The molecule has 0 aromatic heterocycles. The molecule has 0 aliphatic carbocycles. The van der Waals surface area contributed by atoms with Crippen LogP contribution in [0.25, 0.3) is 0 Å². The molecule has 0 fully saturated rings. The lowest BCUT2D eigenvalue weighted by atomic mass is 9.99. The van der Waals surface area contributed by atoms with Crippen molar-refractivity contribution in [2.45, 2.75) is 85.4 Å². The van der Waals surface area contributed by atoms with Gasteiger partial charge in [0.05, 0.1) is 18.2 Å². The highest BCUT2D eigenvalue weighted by Gasteiger charge is 2.26. The van der Waals surface area contributed by atoms with Gasteiger partial charge in [-0.15, -0.1) is 0 Å². The zero-order valence-electron chi connectivity index (χ0n) is 26.3. The molecular weight excluding hydrogens is 554 g/mol. The summed E-state index contributed by atoms with van der Waals surface area (Å²) in [5, 5.41) is 19.9. The number of nitrogens with one attached hydrogen (secondary N) is 3. The molecule has 43 heavy (non-hydrogen) atoms. The van der Waals surface area contributed by atoms with Gasteiger partial charge in [-0.05, 0) is 80.0 Å². The number of aliphatic hydroxyl groups is 1. The highest BCUT2D eigenvalue weighted by Crippen LogP contribution is 2.16. The largest absolute Gasteiger partial charge is 0.390 e. The van der Waals surface area contributed by atoms with Crippen molar-refractivity contribution in [3.8, 4) is 0 Å². The topological polar surface area (TPSA) is 111 Å². The minimum Gasteiger partial charge on any atom is -0.390 e. The van der Waals surface area contributed by atoms with Crippen LogP contribution in [-0.2, 0) is 11.2 Å². The third kappa shape index (κ3) is 11.7. The highest BCUT2D eigenvalue weighted by molar-refractivity contribution is 6.00. The van der Waals surface area contributed by atoms with Gasteiger partial charge < -0.3 is 26.0 Å². The smallest absolute Gasteiger partial charge is 0.253 e. The first kappa shape index (κ1) is 35.8. The molecule has 3 amide bonds. The van der Waals surface area contributed by atoms with Crippen molar-refractivity contribution in [1.82, 2.24) is 20.9 Å². The molecule has 2 aromatic rings. The van der Waals surface area contributed by atoms with Gasteiger partial charge in [0, 0.05) is 43.4 Å². The summed E-state index contributed by atoms with van der Waals surface area (Å²) < 4.78 is 28.0. The van der Waals surface area contributed by atoms with Crippen molar-refractivity contribution < 1.29 is 28.3 Å². The third-order valence-corrected chi connectivity index (χ3v) is 7.00. The van der Waals surface area contributed by atoms with Gasteiger partial charge in [0.15, 0.2) is 0 Å². The van der Waals surface area contributed by atoms with E-state index >= 15 is 0 Å². The molecule has 3 atom stereocenters. The van der Waals surface area contributed by atoms with E-state index in [0.717, 1.165) is 31.0 Å². The lowest BCUT2D eigenvalue weighted by Crippen LogP contribution is -2.52. The molecule has 0 aliphatic heterocycles. The molecule has 0 aliphatic rings. The van der Waals surface area contributed by atoms with Crippen molar-refractivity contribution in [2.24, 2.45) is 5.92 Å². The van der Waals surface area contributed by atoms with E-state index in [0.29, 0.717) is 37.2 Å². The number of benzene rings is 2. The van der Waals surface area contributed by atoms with Crippen LogP contribution in [0.5, 0.6) is 0 Å². The molecule has 0 saturated carbocycles. The number of carbonyl (C=O) groups excluding carboxylic acids is 3. The molecule has 2 aromatic carbocycles. The zero-order chi connectivity index (χ0) is 32.1. The van der Waals surface area contributed by atoms with Crippen LogP contribution < -0.4 is 16.0 Å². The quantitative estimate of drug-likeness (QED) is 0.215. The molecule has 2 rings (SSSR count). The number of aryl methyl sites for hydroxylation is 1. The molecule has 0 saturated heterocycles. The summed E-state index contributed by atoms with van der Waals surface area (Å²) in [5.41, 5.74) is 1.58. The highest BCUT2D eigenvalue weighted by atomic mass is 19.1. The predicted molar refractivity (Wildman–Crippen MR) is 165 cm³/mol. The average Bonchev–Trinajstić information content (AvgIpc) is 2.94. The molecule has 4 N–H and O–H groups in total. The first-order chi connectivity index (χ1) is 20.4. The van der Waals surface area contributed by atoms with E-state index in [2.05, 4.69) is 16.0 Å². The summed E-state index contributed by atoms with van der Waals surface area (Å²) in [5.74, 6) is -2.18. The Kier molecular flexibility index (Phi) is 14.7. The Morgan fingerprint density at radius 1 is 0.884 bits per heavy atom. The monoisotopic (exact) mass is 602 g/mol. The Balaban J connectivity index is 2.30. The summed E-state index contributed by atoms with van der Waals surface area (Å²) in [6.45, 7) is 13.2. The van der Waals surface area contributed by atoms with Crippen LogP contribution in [0.1, 0.15) is 85.7 Å². The van der Waals surface area contributed by atoms with Crippen LogP contribution in [-0.4, -0.2) is 72.1 Å². The van der Waals surface area contributed by atoms with Crippen LogP contribution >= 0.6 is 0 Å². The number of hydrogen-bond donors (Lipinski definition) is 4. The summed E-state index contributed by atoms with van der Waals surface area (Å²) >= 11 is 0. The number of halogens is 2. The second kappa shape index (κ2) is 17.7. The van der Waals surface area contributed by atoms with E-state index < -0.39 is 35.7 Å². The summed E-state index contributed by atoms with van der Waals surface area (Å²) in [4.78, 5) is 41.1. The van der Waals surface area contributed by atoms with E-state index in [-0.39, 0.29) is 41.8 Å². The molecule has 0 radical (unpaired) electrons. The number of carbonyl (C=O) groups is 3. The van der Waals surface area contributed by atoms with Gasteiger partial charge in [-0.25, -0.2) is 8.78 Å². The van der Waals surface area contributed by atoms with Crippen molar-refractivity contribution >= 4 is 17.7 Å². The standard InChI is InChI=1S/C33H48F2N4O4/c1-7-10-39(11-8-2)33(43)25-13-22(6)12-24(17-25)31(41)38-29(16-23-14-26(34)18-27(35)15-23)30(40)20-36-28(9-3)32(42)37-19-21(4)5/h12-15,17-18,21,28-30,36,40H,7-11,16,19-20H2,1-6H3,(H,37,42)(H,38,41)/t28-,29-,30+/m0/s1. The van der Waals surface area contributed by atoms with Gasteiger partial charge in [0.2, 0.25) is 5.91 Å². The van der Waals surface area contributed by atoms with Crippen molar-refractivity contribution in [1.29, 1.82) is 0 Å². The van der Waals surface area contributed by atoms with Gasteiger partial charge in [-0.1, -0.05) is 34.6 Å². The molecule has 10 heteroatoms. The van der Waals surface area contributed by atoms with Crippen LogP contribution in [0.15, 0.2) is 36.4 Å². The molecule has 238 valence electrons. The molecule has 8 nitrogen and oxygen atoms in total. The number of hydrogen-bond acceptors (Lipinski definition) is 5. The SMILES string of the molecule is CCCN(CCC)C(=O)c1cc(C)cc(C(=O)N[C@@H](Cc2cc(F)cc(F)c2)[C@H](O)CN[C@@H](CC)C(=O)NCC(C)C)c1. The van der Waals surface area contributed by atoms with E-state index in [9.17, 15) is 28.3 Å². The fraction of sp³-hybridized carbons (Fsp3) is 0.545. The minimum atomic E-state index is -1.21. The first-order valence-corrected chi connectivity index (χ1v) is 15.2. The predicted octanol–water partition coefficient (Wildman–Crippen LogP) is 4.38. The van der Waals surface area contributed by atoms with Crippen LogP contribution in [0.4, 0.5) is 8.78 Å².